The molecule has 0 fully saturated rings. The van der Waals surface area contributed by atoms with Gasteiger partial charge in [-0.1, -0.05) is 12.1 Å². The van der Waals surface area contributed by atoms with E-state index in [2.05, 4.69) is 0 Å². The van der Waals surface area contributed by atoms with Crippen LogP contribution in [0.5, 0.6) is 23.0 Å². The Kier molecular flexibility index (Phi) is 3.70. The van der Waals surface area contributed by atoms with Gasteiger partial charge in [-0.3, -0.25) is 4.79 Å². The number of ether oxygens (including phenoxy) is 3. The standard InChI is InChI=1S/C17H14O5/c1-20-12-4-5-13(15(19)9-12)14(18)6-2-11-3-7-16-17(8-11)22-10-21-16/h2-9,19H,10H2,1H3/b6-2+. The van der Waals surface area contributed by atoms with Gasteiger partial charge in [-0.05, 0) is 35.9 Å². The number of carbonyl (C=O) groups excluding carboxylic acids is 1. The number of carbonyl (C=O) groups is 1. The van der Waals surface area contributed by atoms with E-state index in [4.69, 9.17) is 14.2 Å². The van der Waals surface area contributed by atoms with Crippen molar-refractivity contribution < 1.29 is 24.1 Å². The predicted molar refractivity (Wildman–Crippen MR) is 80.6 cm³/mol. The third-order valence-corrected chi connectivity index (χ3v) is 3.29. The van der Waals surface area contributed by atoms with Crippen LogP contribution >= 0.6 is 0 Å². The van der Waals surface area contributed by atoms with E-state index < -0.39 is 0 Å². The number of phenols is 1. The van der Waals surface area contributed by atoms with Crippen molar-refractivity contribution in [2.24, 2.45) is 0 Å². The zero-order valence-electron chi connectivity index (χ0n) is 11.9. The van der Waals surface area contributed by atoms with Crippen LogP contribution < -0.4 is 14.2 Å². The van der Waals surface area contributed by atoms with Gasteiger partial charge < -0.3 is 19.3 Å². The monoisotopic (exact) mass is 298 g/mol. The maximum atomic E-state index is 12.1. The topological polar surface area (TPSA) is 65.0 Å². The van der Waals surface area contributed by atoms with Crippen molar-refractivity contribution >= 4 is 11.9 Å². The fourth-order valence-corrected chi connectivity index (χ4v) is 2.13. The van der Waals surface area contributed by atoms with Crippen LogP contribution in [0.15, 0.2) is 42.5 Å². The van der Waals surface area contributed by atoms with Crippen LogP contribution in [0.4, 0.5) is 0 Å². The first-order chi connectivity index (χ1) is 10.7. The SMILES string of the molecule is COc1ccc(C(=O)/C=C/c2ccc3c(c2)OCO3)c(O)c1. The van der Waals surface area contributed by atoms with Gasteiger partial charge in [0.25, 0.3) is 0 Å². The second kappa shape index (κ2) is 5.81. The molecular formula is C17H14O5. The largest absolute Gasteiger partial charge is 0.507 e. The summed E-state index contributed by atoms with van der Waals surface area (Å²) in [5.74, 6) is 1.43. The van der Waals surface area contributed by atoms with Gasteiger partial charge in [-0.25, -0.2) is 0 Å². The molecule has 2 aromatic rings. The lowest BCUT2D eigenvalue weighted by atomic mass is 10.1. The highest BCUT2D eigenvalue weighted by atomic mass is 16.7. The first-order valence-electron chi connectivity index (χ1n) is 6.66. The summed E-state index contributed by atoms with van der Waals surface area (Å²) in [4.78, 5) is 12.1. The summed E-state index contributed by atoms with van der Waals surface area (Å²) in [5, 5.41) is 9.85. The summed E-state index contributed by atoms with van der Waals surface area (Å²) in [7, 11) is 1.50. The number of allylic oxidation sites excluding steroid dienone is 1. The van der Waals surface area contributed by atoms with Gasteiger partial charge in [-0.2, -0.15) is 0 Å². The number of hydrogen-bond acceptors (Lipinski definition) is 5. The van der Waals surface area contributed by atoms with Crippen LogP contribution in [0.1, 0.15) is 15.9 Å². The quantitative estimate of drug-likeness (QED) is 0.694. The fourth-order valence-electron chi connectivity index (χ4n) is 2.13. The van der Waals surface area contributed by atoms with Crippen LogP contribution in [-0.2, 0) is 0 Å². The second-order valence-electron chi connectivity index (χ2n) is 4.69. The van der Waals surface area contributed by atoms with Gasteiger partial charge in [0.15, 0.2) is 17.3 Å². The highest BCUT2D eigenvalue weighted by Gasteiger charge is 2.13. The number of rotatable bonds is 4. The molecule has 0 spiro atoms. The molecule has 0 saturated heterocycles. The Bertz CT molecular complexity index is 749. The fraction of sp³-hybridized carbons (Fsp3) is 0.118. The zero-order chi connectivity index (χ0) is 15.5. The van der Waals surface area contributed by atoms with Crippen molar-refractivity contribution in [1.82, 2.24) is 0 Å². The Morgan fingerprint density at radius 3 is 2.77 bits per heavy atom. The minimum atomic E-state index is -0.294. The normalized spacial score (nSPS) is 12.6. The molecule has 5 nitrogen and oxygen atoms in total. The van der Waals surface area contributed by atoms with Gasteiger partial charge >= 0.3 is 0 Å². The van der Waals surface area contributed by atoms with Crippen molar-refractivity contribution in [1.29, 1.82) is 0 Å². The van der Waals surface area contributed by atoms with E-state index in [-0.39, 0.29) is 23.9 Å². The Morgan fingerprint density at radius 2 is 2.00 bits per heavy atom. The average Bonchev–Trinajstić information content (AvgIpc) is 3.00. The highest BCUT2D eigenvalue weighted by Crippen LogP contribution is 2.33. The van der Waals surface area contributed by atoms with Crippen LogP contribution in [-0.4, -0.2) is 24.8 Å². The molecule has 1 aliphatic rings. The first-order valence-corrected chi connectivity index (χ1v) is 6.66. The number of benzene rings is 2. The molecule has 0 aromatic heterocycles. The molecule has 1 N–H and O–H groups in total. The summed E-state index contributed by atoms with van der Waals surface area (Å²) in [6.45, 7) is 0.209. The van der Waals surface area contributed by atoms with Crippen LogP contribution in [0.2, 0.25) is 0 Å². The molecule has 0 atom stereocenters. The Morgan fingerprint density at radius 1 is 1.18 bits per heavy atom. The lowest BCUT2D eigenvalue weighted by Gasteiger charge is -2.04. The summed E-state index contributed by atoms with van der Waals surface area (Å²) in [6, 6.07) is 9.96. The summed E-state index contributed by atoms with van der Waals surface area (Å²) in [6.07, 6.45) is 3.06. The third kappa shape index (κ3) is 2.74. The number of fused-ring (bicyclic) bond motifs is 1. The van der Waals surface area contributed by atoms with Crippen molar-refractivity contribution in [2.75, 3.05) is 13.9 Å². The molecule has 0 saturated carbocycles. The molecular weight excluding hydrogens is 284 g/mol. The molecule has 3 rings (SSSR count). The number of methoxy groups -OCH3 is 1. The molecule has 0 amide bonds. The Hall–Kier alpha value is -2.95. The van der Waals surface area contributed by atoms with E-state index in [1.807, 2.05) is 6.07 Å². The number of phenolic OH excluding ortho intramolecular Hbond substituents is 1. The average molecular weight is 298 g/mol. The van der Waals surface area contributed by atoms with Crippen LogP contribution in [0.3, 0.4) is 0 Å². The van der Waals surface area contributed by atoms with E-state index in [1.165, 1.54) is 25.3 Å². The maximum absolute atomic E-state index is 12.1. The van der Waals surface area contributed by atoms with Crippen molar-refractivity contribution in [3.05, 3.63) is 53.6 Å². The van der Waals surface area contributed by atoms with Crippen molar-refractivity contribution in [3.8, 4) is 23.0 Å². The molecule has 0 radical (unpaired) electrons. The van der Waals surface area contributed by atoms with Gasteiger partial charge in [0, 0.05) is 6.07 Å². The van der Waals surface area contributed by atoms with Gasteiger partial charge in [0.05, 0.1) is 12.7 Å². The molecule has 22 heavy (non-hydrogen) atoms. The highest BCUT2D eigenvalue weighted by molar-refractivity contribution is 6.08. The second-order valence-corrected chi connectivity index (χ2v) is 4.69. The van der Waals surface area contributed by atoms with Crippen molar-refractivity contribution in [3.63, 3.8) is 0 Å². The molecule has 112 valence electrons. The lowest BCUT2D eigenvalue weighted by molar-refractivity contribution is 0.104. The van der Waals surface area contributed by atoms with E-state index in [9.17, 15) is 9.90 Å². The number of hydrogen-bond donors (Lipinski definition) is 1. The maximum Gasteiger partial charge on any atom is 0.231 e. The summed E-state index contributed by atoms with van der Waals surface area (Å²) >= 11 is 0. The zero-order valence-corrected chi connectivity index (χ0v) is 11.9. The molecule has 2 aromatic carbocycles. The molecule has 0 unspecified atom stereocenters. The van der Waals surface area contributed by atoms with Crippen molar-refractivity contribution in [2.45, 2.75) is 0 Å². The lowest BCUT2D eigenvalue weighted by Crippen LogP contribution is -1.95. The van der Waals surface area contributed by atoms with Gasteiger partial charge in [-0.15, -0.1) is 0 Å². The summed E-state index contributed by atoms with van der Waals surface area (Å²) in [5.41, 5.74) is 1.03. The minimum Gasteiger partial charge on any atom is -0.507 e. The first kappa shape index (κ1) is 14.0. The number of ketones is 1. The summed E-state index contributed by atoms with van der Waals surface area (Å²) < 4.78 is 15.5. The van der Waals surface area contributed by atoms with E-state index in [1.54, 1.807) is 24.3 Å². The van der Waals surface area contributed by atoms with Crippen LogP contribution in [0, 0.1) is 0 Å². The van der Waals surface area contributed by atoms with Gasteiger partial charge in [0.1, 0.15) is 11.5 Å². The molecule has 0 aliphatic carbocycles. The predicted octanol–water partition coefficient (Wildman–Crippen LogP) is 3.03. The molecule has 1 aliphatic heterocycles. The van der Waals surface area contributed by atoms with E-state index in [0.717, 1.165) is 5.56 Å². The molecule has 0 bridgehead atoms. The molecule has 1 heterocycles. The Labute approximate surface area is 127 Å². The molecule has 5 heteroatoms. The Balaban J connectivity index is 1.79. The van der Waals surface area contributed by atoms with E-state index in [0.29, 0.717) is 17.2 Å². The van der Waals surface area contributed by atoms with Crippen LogP contribution in [0.25, 0.3) is 6.08 Å². The smallest absolute Gasteiger partial charge is 0.231 e. The third-order valence-electron chi connectivity index (χ3n) is 3.29. The van der Waals surface area contributed by atoms with Gasteiger partial charge in [0.2, 0.25) is 6.79 Å². The van der Waals surface area contributed by atoms with E-state index >= 15 is 0 Å². The number of aromatic hydroxyl groups is 1. The minimum absolute atomic E-state index is 0.111.